The molecule has 5 nitrogen and oxygen atoms in total. The molecule has 1 fully saturated rings. The minimum atomic E-state index is 0.0537. The van der Waals surface area contributed by atoms with E-state index in [2.05, 4.69) is 4.98 Å². The standard InChI is InChI=1S/C15H19N3O2/c16-9-15(3-1-4-15)14-17-10-7-12-13(8-11(10)18-14)20-6-2-5-19-12/h7-8H,1-6,9,16H2,(H,17,18). The maximum absolute atomic E-state index is 5.96. The van der Waals surface area contributed by atoms with Gasteiger partial charge in [0.05, 0.1) is 24.2 Å². The number of ether oxygens (including phenoxy) is 2. The monoisotopic (exact) mass is 273 g/mol. The molecular weight excluding hydrogens is 254 g/mol. The SMILES string of the molecule is NCC1(c2nc3cc4c(cc3[nH]2)OCCCO4)CCC1. The Labute approximate surface area is 117 Å². The van der Waals surface area contributed by atoms with Crippen LogP contribution in [0.5, 0.6) is 11.5 Å². The molecule has 5 heteroatoms. The van der Waals surface area contributed by atoms with Crippen LogP contribution >= 0.6 is 0 Å². The van der Waals surface area contributed by atoms with Gasteiger partial charge in [-0.05, 0) is 12.8 Å². The van der Waals surface area contributed by atoms with Gasteiger partial charge in [0, 0.05) is 30.5 Å². The Balaban J connectivity index is 1.80. The Hall–Kier alpha value is -1.75. The minimum absolute atomic E-state index is 0.0537. The predicted octanol–water partition coefficient (Wildman–Crippen LogP) is 2.10. The van der Waals surface area contributed by atoms with Crippen molar-refractivity contribution in [1.29, 1.82) is 0 Å². The lowest BCUT2D eigenvalue weighted by Crippen LogP contribution is -2.42. The molecule has 2 heterocycles. The summed E-state index contributed by atoms with van der Waals surface area (Å²) in [6, 6.07) is 3.97. The Morgan fingerprint density at radius 2 is 1.90 bits per heavy atom. The number of H-pyrrole nitrogens is 1. The van der Waals surface area contributed by atoms with Gasteiger partial charge in [-0.25, -0.2) is 4.98 Å². The highest BCUT2D eigenvalue weighted by molar-refractivity contribution is 5.80. The second-order valence-corrected chi connectivity index (χ2v) is 5.79. The maximum atomic E-state index is 5.96. The largest absolute Gasteiger partial charge is 0.489 e. The van der Waals surface area contributed by atoms with Gasteiger partial charge in [0.1, 0.15) is 5.82 Å². The molecule has 1 saturated carbocycles. The van der Waals surface area contributed by atoms with Crippen LogP contribution in [0.1, 0.15) is 31.5 Å². The van der Waals surface area contributed by atoms with E-state index in [9.17, 15) is 0 Å². The Bertz CT molecular complexity index is 597. The lowest BCUT2D eigenvalue weighted by Gasteiger charge is -2.38. The summed E-state index contributed by atoms with van der Waals surface area (Å²) >= 11 is 0. The molecular formula is C15H19N3O2. The number of benzene rings is 1. The van der Waals surface area contributed by atoms with Crippen molar-refractivity contribution < 1.29 is 9.47 Å². The van der Waals surface area contributed by atoms with Crippen molar-refractivity contribution in [3.8, 4) is 11.5 Å². The van der Waals surface area contributed by atoms with Crippen LogP contribution in [0.4, 0.5) is 0 Å². The Morgan fingerprint density at radius 3 is 2.55 bits per heavy atom. The summed E-state index contributed by atoms with van der Waals surface area (Å²) in [4.78, 5) is 8.18. The van der Waals surface area contributed by atoms with Crippen molar-refractivity contribution in [2.24, 2.45) is 5.73 Å². The quantitative estimate of drug-likeness (QED) is 0.879. The first kappa shape index (κ1) is 12.0. The first-order valence-corrected chi connectivity index (χ1v) is 7.31. The van der Waals surface area contributed by atoms with Crippen LogP contribution in [0, 0.1) is 0 Å². The van der Waals surface area contributed by atoms with E-state index < -0.39 is 0 Å². The number of nitrogens with one attached hydrogen (secondary N) is 1. The first-order valence-electron chi connectivity index (χ1n) is 7.31. The molecule has 3 N–H and O–H groups in total. The van der Waals surface area contributed by atoms with Crippen molar-refractivity contribution in [3.63, 3.8) is 0 Å². The van der Waals surface area contributed by atoms with E-state index in [0.717, 1.165) is 47.6 Å². The topological polar surface area (TPSA) is 73.2 Å². The van der Waals surface area contributed by atoms with Crippen LogP contribution in [0.15, 0.2) is 12.1 Å². The third kappa shape index (κ3) is 1.69. The lowest BCUT2D eigenvalue weighted by molar-refractivity contribution is 0.240. The molecule has 1 aromatic heterocycles. The molecule has 2 aliphatic rings. The molecule has 0 bridgehead atoms. The van der Waals surface area contributed by atoms with E-state index >= 15 is 0 Å². The van der Waals surface area contributed by atoms with Crippen LogP contribution in [0.25, 0.3) is 11.0 Å². The summed E-state index contributed by atoms with van der Waals surface area (Å²) in [7, 11) is 0. The van der Waals surface area contributed by atoms with E-state index in [4.69, 9.17) is 20.2 Å². The van der Waals surface area contributed by atoms with Crippen molar-refractivity contribution in [1.82, 2.24) is 9.97 Å². The van der Waals surface area contributed by atoms with Crippen molar-refractivity contribution >= 4 is 11.0 Å². The molecule has 4 rings (SSSR count). The number of aromatic nitrogens is 2. The highest BCUT2D eigenvalue weighted by Gasteiger charge is 2.40. The van der Waals surface area contributed by atoms with Crippen molar-refractivity contribution in [3.05, 3.63) is 18.0 Å². The molecule has 1 aliphatic carbocycles. The second kappa shape index (κ2) is 4.38. The molecule has 0 atom stereocenters. The van der Waals surface area contributed by atoms with E-state index in [1.807, 2.05) is 12.1 Å². The van der Waals surface area contributed by atoms with Crippen LogP contribution < -0.4 is 15.2 Å². The minimum Gasteiger partial charge on any atom is -0.489 e. The number of fused-ring (bicyclic) bond motifs is 2. The molecule has 1 aliphatic heterocycles. The zero-order valence-corrected chi connectivity index (χ0v) is 11.4. The molecule has 0 spiro atoms. The number of hydrogen-bond acceptors (Lipinski definition) is 4. The van der Waals surface area contributed by atoms with Gasteiger partial charge < -0.3 is 20.2 Å². The third-order valence-electron chi connectivity index (χ3n) is 4.55. The number of nitrogens with zero attached hydrogens (tertiary/aromatic N) is 1. The van der Waals surface area contributed by atoms with Gasteiger partial charge in [0.2, 0.25) is 0 Å². The van der Waals surface area contributed by atoms with Gasteiger partial charge in [0.25, 0.3) is 0 Å². The summed E-state index contributed by atoms with van der Waals surface area (Å²) in [5.74, 6) is 2.62. The van der Waals surface area contributed by atoms with Gasteiger partial charge >= 0.3 is 0 Å². The molecule has 20 heavy (non-hydrogen) atoms. The smallest absolute Gasteiger partial charge is 0.163 e. The molecule has 2 aromatic rings. The lowest BCUT2D eigenvalue weighted by atomic mass is 9.68. The number of rotatable bonds is 2. The van der Waals surface area contributed by atoms with E-state index in [-0.39, 0.29) is 5.41 Å². The average molecular weight is 273 g/mol. The first-order chi connectivity index (χ1) is 9.81. The van der Waals surface area contributed by atoms with Gasteiger partial charge in [-0.3, -0.25) is 0 Å². The van der Waals surface area contributed by atoms with Gasteiger partial charge in [-0.1, -0.05) is 6.42 Å². The zero-order valence-electron chi connectivity index (χ0n) is 11.4. The average Bonchev–Trinajstić information content (AvgIpc) is 2.66. The number of nitrogens with two attached hydrogens (primary N) is 1. The fraction of sp³-hybridized carbons (Fsp3) is 0.533. The number of aromatic amines is 1. The normalized spacial score (nSPS) is 20.4. The summed E-state index contributed by atoms with van der Waals surface area (Å²) in [5, 5.41) is 0. The van der Waals surface area contributed by atoms with Gasteiger partial charge in [-0.2, -0.15) is 0 Å². The fourth-order valence-electron chi connectivity index (χ4n) is 3.06. The predicted molar refractivity (Wildman–Crippen MR) is 76.3 cm³/mol. The Morgan fingerprint density at radius 1 is 1.15 bits per heavy atom. The van der Waals surface area contributed by atoms with Crippen molar-refractivity contribution in [2.45, 2.75) is 31.1 Å². The van der Waals surface area contributed by atoms with Crippen LogP contribution in [0.2, 0.25) is 0 Å². The molecule has 0 saturated heterocycles. The summed E-state index contributed by atoms with van der Waals surface area (Å²) in [6.45, 7) is 2.05. The molecule has 0 unspecified atom stereocenters. The van der Waals surface area contributed by atoms with Gasteiger partial charge in [0.15, 0.2) is 11.5 Å². The number of imidazole rings is 1. The molecule has 106 valence electrons. The van der Waals surface area contributed by atoms with E-state index in [1.54, 1.807) is 0 Å². The summed E-state index contributed by atoms with van der Waals surface area (Å²) < 4.78 is 11.4. The highest BCUT2D eigenvalue weighted by atomic mass is 16.5. The van der Waals surface area contributed by atoms with E-state index in [0.29, 0.717) is 19.8 Å². The van der Waals surface area contributed by atoms with Gasteiger partial charge in [-0.15, -0.1) is 0 Å². The third-order valence-corrected chi connectivity index (χ3v) is 4.55. The van der Waals surface area contributed by atoms with Crippen LogP contribution in [0.3, 0.4) is 0 Å². The highest BCUT2D eigenvalue weighted by Crippen LogP contribution is 2.43. The maximum Gasteiger partial charge on any atom is 0.163 e. The molecule has 0 radical (unpaired) electrons. The molecule has 1 aromatic carbocycles. The van der Waals surface area contributed by atoms with Crippen LogP contribution in [-0.2, 0) is 5.41 Å². The number of hydrogen-bond donors (Lipinski definition) is 2. The second-order valence-electron chi connectivity index (χ2n) is 5.79. The zero-order chi connectivity index (χ0) is 13.6. The summed E-state index contributed by atoms with van der Waals surface area (Å²) in [6.07, 6.45) is 4.39. The Kier molecular flexibility index (Phi) is 2.63. The van der Waals surface area contributed by atoms with Crippen molar-refractivity contribution in [2.75, 3.05) is 19.8 Å². The summed E-state index contributed by atoms with van der Waals surface area (Å²) in [5.41, 5.74) is 7.95. The van der Waals surface area contributed by atoms with Crippen LogP contribution in [-0.4, -0.2) is 29.7 Å². The van der Waals surface area contributed by atoms with E-state index in [1.165, 1.54) is 6.42 Å². The molecule has 0 amide bonds. The fourth-order valence-corrected chi connectivity index (χ4v) is 3.06.